The van der Waals surface area contributed by atoms with Crippen molar-refractivity contribution in [2.24, 2.45) is 0 Å². The van der Waals surface area contributed by atoms with Gasteiger partial charge in [0.25, 0.3) is 0 Å². The molecule has 6 nitrogen and oxygen atoms in total. The Morgan fingerprint density at radius 1 is 1.29 bits per heavy atom. The van der Waals surface area contributed by atoms with Crippen LogP contribution >= 0.6 is 0 Å². The van der Waals surface area contributed by atoms with Crippen molar-refractivity contribution in [1.29, 1.82) is 0 Å². The van der Waals surface area contributed by atoms with Crippen molar-refractivity contribution in [1.82, 2.24) is 0 Å². The maximum Gasteiger partial charge on any atom is 0.306 e. The van der Waals surface area contributed by atoms with Crippen LogP contribution < -0.4 is 9.61 Å². The molecule has 0 N–H and O–H groups in total. The van der Waals surface area contributed by atoms with Gasteiger partial charge in [-0.15, -0.1) is 0 Å². The number of ether oxygens (including phenoxy) is 1. The first-order valence-corrected chi connectivity index (χ1v) is 9.06. The minimum Gasteiger partial charge on any atom is -0.500 e. The van der Waals surface area contributed by atoms with E-state index in [0.717, 1.165) is 6.26 Å². The van der Waals surface area contributed by atoms with E-state index < -0.39 is 10.1 Å². The van der Waals surface area contributed by atoms with Crippen molar-refractivity contribution < 1.29 is 21.8 Å². The molecule has 0 bridgehead atoms. The summed E-state index contributed by atoms with van der Waals surface area (Å²) in [6.45, 7) is 0. The van der Waals surface area contributed by atoms with Gasteiger partial charge in [-0.05, 0) is 24.6 Å². The number of fused-ring (bicyclic) bond motifs is 1. The largest absolute Gasteiger partial charge is 0.500 e. The summed E-state index contributed by atoms with van der Waals surface area (Å²) >= 11 is 0. The minimum atomic E-state index is -3.64. The van der Waals surface area contributed by atoms with Crippen LogP contribution in [0, 0.1) is 0 Å². The van der Waals surface area contributed by atoms with Gasteiger partial charge < -0.3 is 13.3 Å². The van der Waals surface area contributed by atoms with Crippen LogP contribution in [-0.2, 0) is 14.9 Å². The molecule has 1 aromatic carbocycles. The topological polar surface area (TPSA) is 82.8 Å². The molecule has 0 radical (unpaired) electrons. The Morgan fingerprint density at radius 3 is 2.79 bits per heavy atom. The van der Waals surface area contributed by atoms with Gasteiger partial charge in [0.1, 0.15) is 17.1 Å². The predicted octanol–water partition coefficient (Wildman–Crippen LogP) is 2.71. The monoisotopic (exact) mass is 348 g/mol. The Hall–Kier alpha value is -2.54. The fourth-order valence-corrected chi connectivity index (χ4v) is 3.14. The van der Waals surface area contributed by atoms with Crippen LogP contribution in [0.5, 0.6) is 5.75 Å². The third-order valence-corrected chi connectivity index (χ3v) is 4.24. The van der Waals surface area contributed by atoms with Crippen molar-refractivity contribution in [2.75, 3.05) is 13.4 Å². The molecule has 0 fully saturated rings. The molecular formula is C17H16O6S. The lowest BCUT2D eigenvalue weighted by Gasteiger charge is -2.19. The van der Waals surface area contributed by atoms with Gasteiger partial charge in [0.05, 0.1) is 30.9 Å². The van der Waals surface area contributed by atoms with Gasteiger partial charge in [-0.1, -0.05) is 12.2 Å². The van der Waals surface area contributed by atoms with Crippen LogP contribution in [0.3, 0.4) is 0 Å². The second-order valence-electron chi connectivity index (χ2n) is 5.46. The van der Waals surface area contributed by atoms with Gasteiger partial charge in [-0.3, -0.25) is 4.79 Å². The maximum absolute atomic E-state index is 12.8. The molecule has 2 aromatic rings. The van der Waals surface area contributed by atoms with E-state index in [2.05, 4.69) is 0 Å². The van der Waals surface area contributed by atoms with Crippen LogP contribution in [0.2, 0.25) is 0 Å². The molecule has 1 unspecified atom stereocenters. The van der Waals surface area contributed by atoms with Crippen molar-refractivity contribution in [3.8, 4) is 5.75 Å². The summed E-state index contributed by atoms with van der Waals surface area (Å²) in [6.07, 6.45) is 8.65. The molecule has 24 heavy (non-hydrogen) atoms. The van der Waals surface area contributed by atoms with Crippen molar-refractivity contribution in [3.63, 3.8) is 0 Å². The zero-order valence-electron chi connectivity index (χ0n) is 13.2. The normalized spacial score (nSPS) is 17.6. The SMILES string of the molecule is COC1=CC=CCC1c1coc2cc(OS(C)(=O)=O)ccc2c1=O. The molecule has 1 aromatic heterocycles. The van der Waals surface area contributed by atoms with Crippen molar-refractivity contribution >= 4 is 21.1 Å². The number of methoxy groups -OCH3 is 1. The molecule has 1 heterocycles. The molecule has 1 aliphatic rings. The Kier molecular flexibility index (Phi) is 4.19. The third kappa shape index (κ3) is 3.21. The molecule has 126 valence electrons. The molecule has 0 spiro atoms. The number of hydrogen-bond acceptors (Lipinski definition) is 6. The summed E-state index contributed by atoms with van der Waals surface area (Å²) in [5.41, 5.74) is 0.585. The van der Waals surface area contributed by atoms with E-state index in [0.29, 0.717) is 23.1 Å². The summed E-state index contributed by atoms with van der Waals surface area (Å²) in [4.78, 5) is 12.8. The average Bonchev–Trinajstić information content (AvgIpc) is 2.53. The molecular weight excluding hydrogens is 332 g/mol. The van der Waals surface area contributed by atoms with Crippen molar-refractivity contribution in [2.45, 2.75) is 12.3 Å². The zero-order valence-corrected chi connectivity index (χ0v) is 14.0. The molecule has 0 amide bonds. The Labute approximate surface area is 139 Å². The van der Waals surface area contributed by atoms with Crippen molar-refractivity contribution in [3.05, 3.63) is 64.2 Å². The zero-order chi connectivity index (χ0) is 17.3. The smallest absolute Gasteiger partial charge is 0.306 e. The summed E-state index contributed by atoms with van der Waals surface area (Å²) < 4.78 is 38.1. The van der Waals surface area contributed by atoms with Gasteiger partial charge in [-0.2, -0.15) is 8.42 Å². The van der Waals surface area contributed by atoms with Crippen LogP contribution in [0.25, 0.3) is 11.0 Å². The van der Waals surface area contributed by atoms with Gasteiger partial charge in [0.15, 0.2) is 5.43 Å². The van der Waals surface area contributed by atoms with E-state index in [1.54, 1.807) is 7.11 Å². The molecule has 0 aliphatic heterocycles. The fraction of sp³-hybridized carbons (Fsp3) is 0.235. The van der Waals surface area contributed by atoms with Gasteiger partial charge in [-0.25, -0.2) is 0 Å². The summed E-state index contributed by atoms with van der Waals surface area (Å²) in [5.74, 6) is 0.591. The first-order chi connectivity index (χ1) is 11.4. The molecule has 0 saturated heterocycles. The second-order valence-corrected chi connectivity index (χ2v) is 7.03. The minimum absolute atomic E-state index is 0.0963. The van der Waals surface area contributed by atoms with Crippen LogP contribution in [0.1, 0.15) is 17.9 Å². The van der Waals surface area contributed by atoms with Crippen LogP contribution in [-0.4, -0.2) is 21.8 Å². The van der Waals surface area contributed by atoms with Gasteiger partial charge >= 0.3 is 10.1 Å². The number of allylic oxidation sites excluding steroid dienone is 4. The summed E-state index contributed by atoms with van der Waals surface area (Å²) in [6, 6.07) is 4.31. The highest BCUT2D eigenvalue weighted by molar-refractivity contribution is 7.86. The molecule has 3 rings (SSSR count). The standard InChI is InChI=1S/C17H16O6S/c1-21-15-6-4-3-5-12(15)14-10-22-16-9-11(23-24(2,19)20)7-8-13(16)17(14)18/h3-4,6-10,12H,5H2,1-2H3. The first-order valence-electron chi connectivity index (χ1n) is 7.24. The van der Waals surface area contributed by atoms with Crippen LogP contribution in [0.15, 0.2) is 57.7 Å². The average molecular weight is 348 g/mol. The third-order valence-electron chi connectivity index (χ3n) is 3.74. The lowest BCUT2D eigenvalue weighted by molar-refractivity contribution is 0.261. The van der Waals surface area contributed by atoms with E-state index in [1.807, 2.05) is 18.2 Å². The highest BCUT2D eigenvalue weighted by Crippen LogP contribution is 2.31. The Bertz CT molecular complexity index is 997. The second kappa shape index (κ2) is 6.16. The predicted molar refractivity (Wildman–Crippen MR) is 89.5 cm³/mol. The lowest BCUT2D eigenvalue weighted by atomic mass is 9.91. The molecule has 1 atom stereocenters. The van der Waals surface area contributed by atoms with E-state index in [-0.39, 0.29) is 22.7 Å². The Morgan fingerprint density at radius 2 is 2.08 bits per heavy atom. The summed E-state index contributed by atoms with van der Waals surface area (Å²) in [5, 5.41) is 0.360. The maximum atomic E-state index is 12.8. The van der Waals surface area contributed by atoms with Crippen LogP contribution in [0.4, 0.5) is 0 Å². The fourth-order valence-electron chi connectivity index (χ4n) is 2.69. The van der Waals surface area contributed by atoms with E-state index in [4.69, 9.17) is 13.3 Å². The summed E-state index contributed by atoms with van der Waals surface area (Å²) in [7, 11) is -2.08. The van der Waals surface area contributed by atoms with E-state index in [1.165, 1.54) is 24.5 Å². The number of benzene rings is 1. The lowest BCUT2D eigenvalue weighted by Crippen LogP contribution is -2.17. The highest BCUT2D eigenvalue weighted by Gasteiger charge is 2.23. The number of hydrogen-bond donors (Lipinski definition) is 0. The van der Waals surface area contributed by atoms with E-state index in [9.17, 15) is 13.2 Å². The first kappa shape index (κ1) is 16.3. The molecule has 7 heteroatoms. The highest BCUT2D eigenvalue weighted by atomic mass is 32.2. The number of rotatable bonds is 4. The van der Waals surface area contributed by atoms with Gasteiger partial charge in [0, 0.05) is 11.6 Å². The van der Waals surface area contributed by atoms with Gasteiger partial charge in [0.2, 0.25) is 0 Å². The molecule has 1 aliphatic carbocycles. The Balaban J connectivity index is 2.06. The quantitative estimate of drug-likeness (QED) is 0.790. The van der Waals surface area contributed by atoms with E-state index >= 15 is 0 Å². The molecule has 0 saturated carbocycles.